The molecule has 0 aliphatic heterocycles. The predicted molar refractivity (Wildman–Crippen MR) is 36.6 cm³/mol. The molecule has 0 heterocycles. The summed E-state index contributed by atoms with van der Waals surface area (Å²) >= 11 is 0. The van der Waals surface area contributed by atoms with Gasteiger partial charge in [0.15, 0.2) is 0 Å². The Morgan fingerprint density at radius 2 is 2.22 bits per heavy atom. The number of hydrogen-bond donors (Lipinski definition) is 1. The van der Waals surface area contributed by atoms with E-state index >= 15 is 0 Å². The van der Waals surface area contributed by atoms with E-state index in [0.717, 1.165) is 6.42 Å². The molecule has 0 radical (unpaired) electrons. The third-order valence-corrected chi connectivity index (χ3v) is 1.37. The Morgan fingerprint density at radius 1 is 1.67 bits per heavy atom. The van der Waals surface area contributed by atoms with Crippen LogP contribution in [-0.4, -0.2) is 11.5 Å². The van der Waals surface area contributed by atoms with E-state index in [9.17, 15) is 4.57 Å². The van der Waals surface area contributed by atoms with Gasteiger partial charge in [-0.3, -0.25) is 4.57 Å². The van der Waals surface area contributed by atoms with Gasteiger partial charge < -0.3 is 9.42 Å². The fraction of sp³-hybridized carbons (Fsp3) is 1.00. The van der Waals surface area contributed by atoms with Gasteiger partial charge in [0.05, 0.1) is 6.61 Å². The first-order valence-electron chi connectivity index (χ1n) is 2.98. The number of rotatable bonds is 4. The molecule has 1 atom stereocenters. The van der Waals surface area contributed by atoms with Gasteiger partial charge in [0.2, 0.25) is 0 Å². The van der Waals surface area contributed by atoms with Gasteiger partial charge in [-0.15, -0.1) is 0 Å². The van der Waals surface area contributed by atoms with Gasteiger partial charge in [-0.25, -0.2) is 0 Å². The van der Waals surface area contributed by atoms with Crippen molar-refractivity contribution >= 4 is 8.25 Å². The third-order valence-electron chi connectivity index (χ3n) is 0.921. The van der Waals surface area contributed by atoms with Gasteiger partial charge in [0, 0.05) is 0 Å². The second kappa shape index (κ2) is 4.98. The van der Waals surface area contributed by atoms with Crippen LogP contribution in [-0.2, 0) is 9.09 Å². The summed E-state index contributed by atoms with van der Waals surface area (Å²) in [7, 11) is -2.68. The molecule has 0 bridgehead atoms. The van der Waals surface area contributed by atoms with Crippen molar-refractivity contribution in [3.05, 3.63) is 0 Å². The Balaban J connectivity index is 3.01. The summed E-state index contributed by atoms with van der Waals surface area (Å²) < 4.78 is 14.4. The lowest BCUT2D eigenvalue weighted by atomic mass is 10.2. The van der Waals surface area contributed by atoms with E-state index < -0.39 is 8.25 Å². The second-order valence-electron chi connectivity index (χ2n) is 2.30. The molecule has 56 valence electrons. The van der Waals surface area contributed by atoms with Gasteiger partial charge in [-0.05, 0) is 12.3 Å². The normalized spacial score (nSPS) is 14.2. The zero-order valence-corrected chi connectivity index (χ0v) is 6.76. The van der Waals surface area contributed by atoms with Crippen LogP contribution in [0.3, 0.4) is 0 Å². The topological polar surface area (TPSA) is 46.5 Å². The van der Waals surface area contributed by atoms with Gasteiger partial charge in [-0.2, -0.15) is 0 Å². The Hall–Kier alpha value is 0.150. The van der Waals surface area contributed by atoms with E-state index in [1.165, 1.54) is 0 Å². The van der Waals surface area contributed by atoms with E-state index in [-0.39, 0.29) is 0 Å². The molecule has 0 saturated carbocycles. The Labute approximate surface area is 56.0 Å². The van der Waals surface area contributed by atoms with E-state index in [4.69, 9.17) is 4.89 Å². The predicted octanol–water partition coefficient (Wildman–Crippen LogP) is 1.43. The van der Waals surface area contributed by atoms with Crippen LogP contribution in [0.25, 0.3) is 0 Å². The highest BCUT2D eigenvalue weighted by Gasteiger charge is 1.94. The molecule has 9 heavy (non-hydrogen) atoms. The molecule has 0 aliphatic carbocycles. The van der Waals surface area contributed by atoms with Crippen LogP contribution < -0.4 is 0 Å². The fourth-order valence-electron chi connectivity index (χ4n) is 0.382. The van der Waals surface area contributed by atoms with Crippen LogP contribution in [0, 0.1) is 5.92 Å². The van der Waals surface area contributed by atoms with Crippen molar-refractivity contribution in [1.29, 1.82) is 0 Å². The van der Waals surface area contributed by atoms with Crippen molar-refractivity contribution in [3.8, 4) is 0 Å². The van der Waals surface area contributed by atoms with Crippen molar-refractivity contribution in [2.45, 2.75) is 20.3 Å². The Bertz CT molecular complexity index is 92.2. The molecule has 0 aromatic heterocycles. The third kappa shape index (κ3) is 8.15. The minimum atomic E-state index is -2.68. The zero-order chi connectivity index (χ0) is 7.28. The summed E-state index contributed by atoms with van der Waals surface area (Å²) in [5, 5.41) is 0. The lowest BCUT2D eigenvalue weighted by Crippen LogP contribution is -1.93. The summed E-state index contributed by atoms with van der Waals surface area (Å²) in [4.78, 5) is 8.19. The molecule has 0 amide bonds. The maximum absolute atomic E-state index is 9.94. The van der Waals surface area contributed by atoms with E-state index in [1.54, 1.807) is 0 Å². The zero-order valence-electron chi connectivity index (χ0n) is 5.76. The summed E-state index contributed by atoms with van der Waals surface area (Å²) in [6.07, 6.45) is 0.844. The van der Waals surface area contributed by atoms with Crippen LogP contribution in [0.15, 0.2) is 0 Å². The maximum Gasteiger partial charge on any atom is 0.316 e. The molecule has 4 heteroatoms. The van der Waals surface area contributed by atoms with Crippen LogP contribution in [0.4, 0.5) is 0 Å². The molecule has 0 aromatic rings. The maximum atomic E-state index is 9.94. The average Bonchev–Trinajstić information content (AvgIpc) is 1.63. The largest absolute Gasteiger partial charge is 0.326 e. The molecule has 0 fully saturated rings. The van der Waals surface area contributed by atoms with Crippen molar-refractivity contribution in [2.75, 3.05) is 6.61 Å². The minimum absolute atomic E-state index is 0.395. The number of hydrogen-bond acceptors (Lipinski definition) is 2. The molecule has 0 aliphatic rings. The van der Waals surface area contributed by atoms with Gasteiger partial charge in [0.1, 0.15) is 0 Å². The minimum Gasteiger partial charge on any atom is -0.326 e. The van der Waals surface area contributed by atoms with Crippen molar-refractivity contribution in [2.24, 2.45) is 5.92 Å². The first-order chi connectivity index (χ1) is 4.13. The molecule has 0 rings (SSSR count). The van der Waals surface area contributed by atoms with Crippen LogP contribution in [0.1, 0.15) is 20.3 Å². The lowest BCUT2D eigenvalue weighted by Gasteiger charge is -2.01. The van der Waals surface area contributed by atoms with Crippen molar-refractivity contribution < 1.29 is 14.0 Å². The summed E-state index contributed by atoms with van der Waals surface area (Å²) in [5.74, 6) is 0.534. The highest BCUT2D eigenvalue weighted by molar-refractivity contribution is 7.32. The van der Waals surface area contributed by atoms with Gasteiger partial charge in [0.25, 0.3) is 0 Å². The molecule has 3 nitrogen and oxygen atoms in total. The molecular formula is C5H13O3P. The van der Waals surface area contributed by atoms with Gasteiger partial charge >= 0.3 is 8.25 Å². The average molecular weight is 152 g/mol. The first-order valence-corrected chi connectivity index (χ1v) is 4.25. The molecular weight excluding hydrogens is 139 g/mol. The van der Waals surface area contributed by atoms with E-state index in [2.05, 4.69) is 4.52 Å². The van der Waals surface area contributed by atoms with Gasteiger partial charge in [-0.1, -0.05) is 13.8 Å². The van der Waals surface area contributed by atoms with E-state index in [1.807, 2.05) is 13.8 Å². The summed E-state index contributed by atoms with van der Waals surface area (Å²) in [5.41, 5.74) is 0. The summed E-state index contributed by atoms with van der Waals surface area (Å²) in [6.45, 7) is 4.47. The Morgan fingerprint density at radius 3 is 2.56 bits per heavy atom. The lowest BCUT2D eigenvalue weighted by molar-refractivity contribution is 0.263. The molecule has 0 spiro atoms. The van der Waals surface area contributed by atoms with Crippen molar-refractivity contribution in [3.63, 3.8) is 0 Å². The molecule has 1 unspecified atom stereocenters. The van der Waals surface area contributed by atoms with Crippen molar-refractivity contribution in [1.82, 2.24) is 0 Å². The fourth-order valence-corrected chi connectivity index (χ4v) is 0.674. The highest BCUT2D eigenvalue weighted by Crippen LogP contribution is 2.15. The standard InChI is InChI=1S/C5H13O3P/c1-5(2)3-4-8-9(6)7/h5,9H,3-4H2,1-2H3,(H,6,7). The molecule has 1 N–H and O–H groups in total. The van der Waals surface area contributed by atoms with E-state index in [0.29, 0.717) is 12.5 Å². The molecule has 0 saturated heterocycles. The molecule has 0 aromatic carbocycles. The van der Waals surface area contributed by atoms with Crippen LogP contribution in [0.2, 0.25) is 0 Å². The highest BCUT2D eigenvalue weighted by atomic mass is 31.1. The first kappa shape index (κ1) is 9.15. The smallest absolute Gasteiger partial charge is 0.316 e. The monoisotopic (exact) mass is 152 g/mol. The Kier molecular flexibility index (Phi) is 5.06. The van der Waals surface area contributed by atoms with Crippen LogP contribution >= 0.6 is 8.25 Å². The van der Waals surface area contributed by atoms with Crippen LogP contribution in [0.5, 0.6) is 0 Å². The SMILES string of the molecule is CC(C)CCO[PH](=O)O. The quantitative estimate of drug-likeness (QED) is 0.620. The second-order valence-corrected chi connectivity index (χ2v) is 3.12. The summed E-state index contributed by atoms with van der Waals surface area (Å²) in [6, 6.07) is 0.